The Morgan fingerprint density at radius 2 is 2.27 bits per heavy atom. The average molecular weight is 222 g/mol. The third kappa shape index (κ3) is 2.25. The van der Waals surface area contributed by atoms with E-state index >= 15 is 0 Å². The Morgan fingerprint density at radius 3 is 2.87 bits per heavy atom. The zero-order valence-corrected chi connectivity index (χ0v) is 8.57. The second-order valence-electron chi connectivity index (χ2n) is 3.03. The minimum absolute atomic E-state index is 0.0903. The molecule has 0 atom stereocenters. The molecule has 76 valence electrons. The van der Waals surface area contributed by atoms with Gasteiger partial charge in [0.2, 0.25) is 5.22 Å². The number of aromatic nitrogens is 1. The third-order valence-electron chi connectivity index (χ3n) is 1.99. The first kappa shape index (κ1) is 9.93. The number of hydrogen-bond donors (Lipinski definition) is 0. The van der Waals surface area contributed by atoms with Gasteiger partial charge in [-0.25, -0.2) is 0 Å². The summed E-state index contributed by atoms with van der Waals surface area (Å²) in [7, 11) is 0. The molecule has 2 rings (SSSR count). The van der Waals surface area contributed by atoms with E-state index in [1.807, 2.05) is 6.07 Å². The number of carbonyl (C=O) groups excluding carboxylic acids is 1. The summed E-state index contributed by atoms with van der Waals surface area (Å²) >= 11 is 5.69. The largest absolute Gasteiger partial charge is 0.452 e. The molecule has 0 aliphatic heterocycles. The Bertz CT molecular complexity index is 464. The lowest BCUT2D eigenvalue weighted by Gasteiger charge is -1.97. The Balaban J connectivity index is 2.15. The first-order valence-electron chi connectivity index (χ1n) is 4.43. The molecule has 2 aromatic rings. The van der Waals surface area contributed by atoms with Gasteiger partial charge < -0.3 is 4.42 Å². The van der Waals surface area contributed by atoms with Crippen molar-refractivity contribution in [2.24, 2.45) is 0 Å². The van der Waals surface area contributed by atoms with Crippen LogP contribution in [0.2, 0.25) is 5.22 Å². The van der Waals surface area contributed by atoms with E-state index in [1.165, 1.54) is 6.26 Å². The lowest BCUT2D eigenvalue weighted by atomic mass is 10.1. The molecule has 0 bridgehead atoms. The molecule has 0 spiro atoms. The minimum Gasteiger partial charge on any atom is -0.452 e. The lowest BCUT2D eigenvalue weighted by Crippen LogP contribution is -2.03. The molecule has 3 nitrogen and oxygen atoms in total. The SMILES string of the molecule is O=C(Cc1ccccn1)c1ccoc1Cl. The maximum Gasteiger partial charge on any atom is 0.203 e. The molecule has 0 fully saturated rings. The molecule has 0 saturated heterocycles. The molecule has 0 aliphatic rings. The summed E-state index contributed by atoms with van der Waals surface area (Å²) in [4.78, 5) is 15.8. The summed E-state index contributed by atoms with van der Waals surface area (Å²) < 4.78 is 4.85. The van der Waals surface area contributed by atoms with Gasteiger partial charge in [0.15, 0.2) is 5.78 Å². The van der Waals surface area contributed by atoms with Crippen LogP contribution in [-0.2, 0) is 6.42 Å². The van der Waals surface area contributed by atoms with Gasteiger partial charge in [-0.05, 0) is 29.8 Å². The fraction of sp³-hybridized carbons (Fsp3) is 0.0909. The van der Waals surface area contributed by atoms with Gasteiger partial charge in [0.1, 0.15) is 0 Å². The fourth-order valence-electron chi connectivity index (χ4n) is 1.26. The van der Waals surface area contributed by atoms with Crippen molar-refractivity contribution in [2.45, 2.75) is 6.42 Å². The maximum atomic E-state index is 11.7. The van der Waals surface area contributed by atoms with Crippen molar-refractivity contribution in [3.05, 3.63) is 53.2 Å². The van der Waals surface area contributed by atoms with E-state index in [0.717, 1.165) is 5.69 Å². The summed E-state index contributed by atoms with van der Waals surface area (Å²) in [6.07, 6.45) is 3.29. The summed E-state index contributed by atoms with van der Waals surface area (Å²) in [6, 6.07) is 7.00. The summed E-state index contributed by atoms with van der Waals surface area (Å²) in [5.74, 6) is -0.0903. The lowest BCUT2D eigenvalue weighted by molar-refractivity contribution is 0.0991. The number of hydrogen-bond acceptors (Lipinski definition) is 3. The number of halogens is 1. The van der Waals surface area contributed by atoms with Crippen molar-refractivity contribution in [1.82, 2.24) is 4.98 Å². The molecule has 0 aromatic carbocycles. The quantitative estimate of drug-likeness (QED) is 0.749. The molecule has 2 heterocycles. The number of rotatable bonds is 3. The predicted molar refractivity (Wildman–Crippen MR) is 56.0 cm³/mol. The Labute approximate surface area is 91.7 Å². The van der Waals surface area contributed by atoms with Crippen molar-refractivity contribution in [1.29, 1.82) is 0 Å². The van der Waals surface area contributed by atoms with Gasteiger partial charge in [-0.2, -0.15) is 0 Å². The molecule has 0 aliphatic carbocycles. The molecule has 0 N–H and O–H groups in total. The van der Waals surface area contributed by atoms with E-state index in [-0.39, 0.29) is 17.4 Å². The molecule has 2 aromatic heterocycles. The third-order valence-corrected chi connectivity index (χ3v) is 2.28. The summed E-state index contributed by atoms with van der Waals surface area (Å²) in [5, 5.41) is 0.135. The molecule has 0 amide bonds. The minimum atomic E-state index is -0.0903. The number of furan rings is 1. The summed E-state index contributed by atoms with van der Waals surface area (Å²) in [5.41, 5.74) is 1.13. The Hall–Kier alpha value is -1.61. The van der Waals surface area contributed by atoms with E-state index < -0.39 is 0 Å². The first-order chi connectivity index (χ1) is 7.27. The highest BCUT2D eigenvalue weighted by Crippen LogP contribution is 2.18. The first-order valence-corrected chi connectivity index (χ1v) is 4.81. The van der Waals surface area contributed by atoms with Gasteiger partial charge in [0, 0.05) is 11.9 Å². The highest BCUT2D eigenvalue weighted by molar-refractivity contribution is 6.32. The maximum absolute atomic E-state index is 11.7. The smallest absolute Gasteiger partial charge is 0.203 e. The van der Waals surface area contributed by atoms with Crippen LogP contribution >= 0.6 is 11.6 Å². The van der Waals surface area contributed by atoms with Crippen LogP contribution in [0.25, 0.3) is 0 Å². The number of carbonyl (C=O) groups is 1. The average Bonchev–Trinajstić information content (AvgIpc) is 2.66. The van der Waals surface area contributed by atoms with Crippen molar-refractivity contribution in [3.8, 4) is 0 Å². The molecular formula is C11H8ClNO2. The van der Waals surface area contributed by atoms with Crippen molar-refractivity contribution >= 4 is 17.4 Å². The second kappa shape index (κ2) is 4.28. The molecule has 0 saturated carbocycles. The van der Waals surface area contributed by atoms with Gasteiger partial charge in [-0.15, -0.1) is 0 Å². The topological polar surface area (TPSA) is 43.1 Å². The van der Waals surface area contributed by atoms with Crippen molar-refractivity contribution in [2.75, 3.05) is 0 Å². The van der Waals surface area contributed by atoms with Crippen LogP contribution in [0.1, 0.15) is 16.1 Å². The van der Waals surface area contributed by atoms with Crippen LogP contribution in [0.3, 0.4) is 0 Å². The monoisotopic (exact) mass is 221 g/mol. The standard InChI is InChI=1S/C11H8ClNO2/c12-11-9(4-6-15-11)10(14)7-8-3-1-2-5-13-8/h1-6H,7H2. The van der Waals surface area contributed by atoms with Crippen LogP contribution in [-0.4, -0.2) is 10.8 Å². The van der Waals surface area contributed by atoms with Gasteiger partial charge in [-0.1, -0.05) is 6.07 Å². The van der Waals surface area contributed by atoms with E-state index in [0.29, 0.717) is 5.56 Å². The molecule has 0 unspecified atom stereocenters. The van der Waals surface area contributed by atoms with Crippen molar-refractivity contribution < 1.29 is 9.21 Å². The highest BCUT2D eigenvalue weighted by Gasteiger charge is 2.13. The number of nitrogens with zero attached hydrogens (tertiary/aromatic N) is 1. The molecule has 15 heavy (non-hydrogen) atoms. The molecule has 4 heteroatoms. The van der Waals surface area contributed by atoms with Gasteiger partial charge in [0.05, 0.1) is 18.2 Å². The fourth-order valence-corrected chi connectivity index (χ4v) is 1.48. The zero-order valence-electron chi connectivity index (χ0n) is 7.81. The Kier molecular flexibility index (Phi) is 2.83. The van der Waals surface area contributed by atoms with Crippen LogP contribution < -0.4 is 0 Å². The number of Topliss-reactive ketones (excluding diaryl/α,β-unsaturated/α-hetero) is 1. The number of ketones is 1. The van der Waals surface area contributed by atoms with E-state index in [4.69, 9.17) is 16.0 Å². The van der Waals surface area contributed by atoms with Gasteiger partial charge in [-0.3, -0.25) is 9.78 Å². The highest BCUT2D eigenvalue weighted by atomic mass is 35.5. The van der Waals surface area contributed by atoms with Crippen LogP contribution in [0.4, 0.5) is 0 Å². The van der Waals surface area contributed by atoms with Crippen LogP contribution in [0.5, 0.6) is 0 Å². The molecular weight excluding hydrogens is 214 g/mol. The van der Waals surface area contributed by atoms with Gasteiger partial charge >= 0.3 is 0 Å². The normalized spacial score (nSPS) is 10.2. The van der Waals surface area contributed by atoms with E-state index in [9.17, 15) is 4.79 Å². The second-order valence-corrected chi connectivity index (χ2v) is 3.37. The Morgan fingerprint density at radius 1 is 1.40 bits per heavy atom. The van der Waals surface area contributed by atoms with Crippen LogP contribution in [0.15, 0.2) is 41.1 Å². The zero-order chi connectivity index (χ0) is 10.7. The summed E-state index contributed by atoms with van der Waals surface area (Å²) in [6.45, 7) is 0. The number of pyridine rings is 1. The van der Waals surface area contributed by atoms with E-state index in [1.54, 1.807) is 24.4 Å². The predicted octanol–water partition coefficient (Wildman–Crippen LogP) is 2.75. The molecule has 0 radical (unpaired) electrons. The van der Waals surface area contributed by atoms with Crippen molar-refractivity contribution in [3.63, 3.8) is 0 Å². The van der Waals surface area contributed by atoms with Gasteiger partial charge in [0.25, 0.3) is 0 Å². The van der Waals surface area contributed by atoms with E-state index in [2.05, 4.69) is 4.98 Å². The van der Waals surface area contributed by atoms with Crippen LogP contribution in [0, 0.1) is 0 Å².